The first-order valence-electron chi connectivity index (χ1n) is 11.9. The van der Waals surface area contributed by atoms with Crippen LogP contribution in [0.25, 0.3) is 0 Å². The van der Waals surface area contributed by atoms with Gasteiger partial charge in [-0.05, 0) is 58.8 Å². The molecule has 0 saturated carbocycles. The number of carbonyl (C=O) groups excluding carboxylic acids is 1. The van der Waals surface area contributed by atoms with Gasteiger partial charge in [-0.3, -0.25) is 4.79 Å². The third-order valence-corrected chi connectivity index (χ3v) is 5.32. The fourth-order valence-electron chi connectivity index (χ4n) is 3.82. The maximum Gasteiger partial charge on any atom is 0.242 e. The first kappa shape index (κ1) is 27.5. The summed E-state index contributed by atoms with van der Waals surface area (Å²) in [5.74, 6) is 1.95. The molecule has 0 aliphatic carbocycles. The van der Waals surface area contributed by atoms with Gasteiger partial charge in [0.05, 0.1) is 13.2 Å². The van der Waals surface area contributed by atoms with Crippen LogP contribution in [0.5, 0.6) is 11.5 Å². The Labute approximate surface area is 215 Å². The lowest BCUT2D eigenvalue weighted by Gasteiger charge is -2.21. The molecule has 1 aromatic carbocycles. The highest BCUT2D eigenvalue weighted by molar-refractivity contribution is 14.0. The highest BCUT2D eigenvalue weighted by Gasteiger charge is 2.15. The molecule has 3 N–H and O–H groups in total. The van der Waals surface area contributed by atoms with Crippen LogP contribution in [0.3, 0.4) is 0 Å². The number of carbonyl (C=O) groups is 1. The summed E-state index contributed by atoms with van der Waals surface area (Å²) in [6, 6.07) is 5.76. The maximum absolute atomic E-state index is 12.3. The monoisotopic (exact) mass is 573 g/mol. The molecule has 8 nitrogen and oxygen atoms in total. The molecule has 1 saturated heterocycles. The number of nitrogens with zero attached hydrogens (tertiary/aromatic N) is 2. The number of aliphatic imine (C=N–C) groups is 1. The maximum atomic E-state index is 12.3. The van der Waals surface area contributed by atoms with Crippen molar-refractivity contribution in [3.05, 3.63) is 18.2 Å². The van der Waals surface area contributed by atoms with Gasteiger partial charge in [-0.1, -0.05) is 12.8 Å². The Hall–Kier alpha value is -1.75. The van der Waals surface area contributed by atoms with E-state index in [1.807, 2.05) is 39.0 Å². The number of benzene rings is 1. The van der Waals surface area contributed by atoms with Crippen LogP contribution in [-0.2, 0) is 4.79 Å². The molecular formula is C24H40IN5O3. The van der Waals surface area contributed by atoms with Crippen LogP contribution in [0, 0.1) is 0 Å². The highest BCUT2D eigenvalue weighted by atomic mass is 127. The van der Waals surface area contributed by atoms with E-state index >= 15 is 0 Å². The molecule has 33 heavy (non-hydrogen) atoms. The minimum Gasteiger partial charge on any atom is -0.490 e. The lowest BCUT2D eigenvalue weighted by Crippen LogP contribution is -2.43. The fraction of sp³-hybridized carbons (Fsp3) is 0.667. The first-order valence-corrected chi connectivity index (χ1v) is 11.9. The second-order valence-corrected chi connectivity index (χ2v) is 9.48. The van der Waals surface area contributed by atoms with E-state index in [0.717, 1.165) is 49.8 Å². The number of likely N-dealkylation sites (tertiary alicyclic amines) is 1. The Morgan fingerprint density at radius 3 is 2.42 bits per heavy atom. The van der Waals surface area contributed by atoms with E-state index < -0.39 is 0 Å². The summed E-state index contributed by atoms with van der Waals surface area (Å²) < 4.78 is 11.5. The summed E-state index contributed by atoms with van der Waals surface area (Å²) in [7, 11) is 0. The van der Waals surface area contributed by atoms with Gasteiger partial charge in [0.1, 0.15) is 6.54 Å². The minimum atomic E-state index is -0.283. The molecule has 0 spiro atoms. The second kappa shape index (κ2) is 13.8. The van der Waals surface area contributed by atoms with Crippen molar-refractivity contribution >= 4 is 41.5 Å². The molecule has 0 atom stereocenters. The molecule has 0 bridgehead atoms. The molecular weight excluding hydrogens is 533 g/mol. The van der Waals surface area contributed by atoms with Crippen LogP contribution in [0.4, 0.5) is 5.69 Å². The van der Waals surface area contributed by atoms with Gasteiger partial charge in [0.2, 0.25) is 5.91 Å². The summed E-state index contributed by atoms with van der Waals surface area (Å²) in [5.41, 5.74) is 0.556. The van der Waals surface area contributed by atoms with Gasteiger partial charge in [0, 0.05) is 36.8 Å². The minimum absolute atomic E-state index is 0. The molecule has 9 heteroatoms. The summed E-state index contributed by atoms with van der Waals surface area (Å²) in [6.45, 7) is 11.3. The number of rotatable bonds is 6. The molecule has 1 aromatic rings. The summed E-state index contributed by atoms with van der Waals surface area (Å²) >= 11 is 0. The molecule has 186 valence electrons. The Morgan fingerprint density at radius 1 is 1.03 bits per heavy atom. The number of halogens is 1. The molecule has 0 aromatic heterocycles. The Bertz CT molecular complexity index is 774. The standard InChI is InChI=1S/C24H39N5O3.HI/c1-24(2,3)28-22(30)18-26-23(25-11-14-29-12-6-4-5-7-13-29)27-19-9-10-20-21(17-19)32-16-8-15-31-20;/h9-10,17H,4-8,11-16,18H2,1-3H3,(H,28,30)(H2,25,26,27);1H. The predicted molar refractivity (Wildman–Crippen MR) is 144 cm³/mol. The molecule has 0 radical (unpaired) electrons. The summed E-state index contributed by atoms with van der Waals surface area (Å²) in [5, 5.41) is 9.67. The number of ether oxygens (including phenoxy) is 2. The topological polar surface area (TPSA) is 87.2 Å². The van der Waals surface area contributed by atoms with E-state index in [9.17, 15) is 4.79 Å². The third-order valence-electron chi connectivity index (χ3n) is 5.32. The quantitative estimate of drug-likeness (QED) is 0.274. The van der Waals surface area contributed by atoms with Crippen LogP contribution in [-0.4, -0.2) is 68.2 Å². The highest BCUT2D eigenvalue weighted by Crippen LogP contribution is 2.32. The zero-order chi connectivity index (χ0) is 22.8. The van der Waals surface area contributed by atoms with Crippen molar-refractivity contribution in [2.45, 2.75) is 58.4 Å². The lowest BCUT2D eigenvalue weighted by atomic mass is 10.1. The predicted octanol–water partition coefficient (Wildman–Crippen LogP) is 3.61. The van der Waals surface area contributed by atoms with Gasteiger partial charge in [0.25, 0.3) is 0 Å². The van der Waals surface area contributed by atoms with E-state index in [0.29, 0.717) is 19.2 Å². The van der Waals surface area contributed by atoms with E-state index in [1.54, 1.807) is 0 Å². The number of anilines is 1. The Balaban J connectivity index is 0.00000385. The van der Waals surface area contributed by atoms with E-state index in [1.165, 1.54) is 25.7 Å². The fourth-order valence-corrected chi connectivity index (χ4v) is 3.82. The number of guanidine groups is 1. The van der Waals surface area contributed by atoms with Gasteiger partial charge >= 0.3 is 0 Å². The van der Waals surface area contributed by atoms with Crippen molar-refractivity contribution in [2.24, 2.45) is 4.99 Å². The normalized spacial score (nSPS) is 17.2. The smallest absolute Gasteiger partial charge is 0.242 e. The van der Waals surface area contributed by atoms with Crippen LogP contribution < -0.4 is 25.4 Å². The Kier molecular flexibility index (Phi) is 11.5. The third kappa shape index (κ3) is 10.4. The SMILES string of the molecule is CC(C)(C)NC(=O)CN=C(NCCN1CCCCCC1)Nc1ccc2c(c1)OCCCO2.I. The van der Waals surface area contributed by atoms with Gasteiger partial charge in [-0.2, -0.15) is 0 Å². The van der Waals surface area contributed by atoms with Crippen LogP contribution in [0.15, 0.2) is 23.2 Å². The number of hydrogen-bond donors (Lipinski definition) is 3. The zero-order valence-electron chi connectivity index (χ0n) is 20.2. The van der Waals surface area contributed by atoms with Crippen molar-refractivity contribution in [3.63, 3.8) is 0 Å². The molecule has 3 rings (SSSR count). The number of hydrogen-bond acceptors (Lipinski definition) is 5. The van der Waals surface area contributed by atoms with E-state index in [4.69, 9.17) is 9.47 Å². The molecule has 0 unspecified atom stereocenters. The summed E-state index contributed by atoms with van der Waals surface area (Å²) in [4.78, 5) is 19.3. The van der Waals surface area contributed by atoms with Gasteiger partial charge in [-0.15, -0.1) is 24.0 Å². The molecule has 1 amide bonds. The van der Waals surface area contributed by atoms with Crippen molar-refractivity contribution in [3.8, 4) is 11.5 Å². The Morgan fingerprint density at radius 2 is 1.73 bits per heavy atom. The van der Waals surface area contributed by atoms with Crippen molar-refractivity contribution < 1.29 is 14.3 Å². The largest absolute Gasteiger partial charge is 0.490 e. The van der Waals surface area contributed by atoms with Crippen LogP contribution >= 0.6 is 24.0 Å². The second-order valence-electron chi connectivity index (χ2n) is 9.48. The summed E-state index contributed by atoms with van der Waals surface area (Å²) in [6.07, 6.45) is 6.05. The molecule has 2 aliphatic heterocycles. The number of amides is 1. The van der Waals surface area contributed by atoms with Crippen molar-refractivity contribution in [1.29, 1.82) is 0 Å². The average Bonchev–Trinajstić information content (AvgIpc) is 3.13. The van der Waals surface area contributed by atoms with E-state index in [2.05, 4.69) is 25.8 Å². The number of fused-ring (bicyclic) bond motifs is 1. The van der Waals surface area contributed by atoms with Gasteiger partial charge in [-0.25, -0.2) is 4.99 Å². The average molecular weight is 574 g/mol. The lowest BCUT2D eigenvalue weighted by molar-refractivity contribution is -0.121. The first-order chi connectivity index (χ1) is 15.4. The molecule has 1 fully saturated rings. The molecule has 2 heterocycles. The van der Waals surface area contributed by atoms with E-state index in [-0.39, 0.29) is 42.0 Å². The zero-order valence-corrected chi connectivity index (χ0v) is 22.6. The van der Waals surface area contributed by atoms with Crippen molar-refractivity contribution in [2.75, 3.05) is 51.3 Å². The van der Waals surface area contributed by atoms with Gasteiger partial charge < -0.3 is 30.3 Å². The van der Waals surface area contributed by atoms with Crippen LogP contribution in [0.2, 0.25) is 0 Å². The van der Waals surface area contributed by atoms with Crippen LogP contribution in [0.1, 0.15) is 52.9 Å². The van der Waals surface area contributed by atoms with Crippen molar-refractivity contribution in [1.82, 2.24) is 15.5 Å². The molecule has 2 aliphatic rings. The van der Waals surface area contributed by atoms with Gasteiger partial charge in [0.15, 0.2) is 17.5 Å². The number of nitrogens with one attached hydrogen (secondary N) is 3.